The molecule has 4 heteroatoms. The lowest BCUT2D eigenvalue weighted by Crippen LogP contribution is -2.07. The molecule has 0 atom stereocenters. The van der Waals surface area contributed by atoms with E-state index in [1.165, 1.54) is 6.07 Å². The standard InChI is InChI=1S/C14H14BrFN2/c15-11-5-6-13(17)14(9-11)18-8-7-10-3-1-2-4-12(10)16/h1-6,9,18H,7-8,17H2. The minimum Gasteiger partial charge on any atom is -0.397 e. The molecule has 0 heterocycles. The van der Waals surface area contributed by atoms with Gasteiger partial charge in [-0.3, -0.25) is 0 Å². The molecule has 0 saturated heterocycles. The maximum absolute atomic E-state index is 13.4. The topological polar surface area (TPSA) is 38.0 Å². The van der Waals surface area contributed by atoms with Crippen molar-refractivity contribution in [2.45, 2.75) is 6.42 Å². The van der Waals surface area contributed by atoms with Gasteiger partial charge in [-0.25, -0.2) is 4.39 Å². The SMILES string of the molecule is Nc1ccc(Br)cc1NCCc1ccccc1F. The molecule has 0 aromatic heterocycles. The zero-order chi connectivity index (χ0) is 13.0. The molecule has 0 unspecified atom stereocenters. The summed E-state index contributed by atoms with van der Waals surface area (Å²) in [7, 11) is 0. The molecule has 0 aliphatic rings. The Hall–Kier alpha value is -1.55. The molecule has 0 radical (unpaired) electrons. The summed E-state index contributed by atoms with van der Waals surface area (Å²) in [6, 6.07) is 12.4. The van der Waals surface area contributed by atoms with Gasteiger partial charge in [0.25, 0.3) is 0 Å². The Morgan fingerprint density at radius 2 is 1.94 bits per heavy atom. The Balaban J connectivity index is 1.96. The fourth-order valence-electron chi connectivity index (χ4n) is 1.71. The summed E-state index contributed by atoms with van der Waals surface area (Å²) in [5.41, 5.74) is 8.10. The molecule has 2 aromatic rings. The second-order valence-corrected chi connectivity index (χ2v) is 4.92. The van der Waals surface area contributed by atoms with E-state index < -0.39 is 0 Å². The van der Waals surface area contributed by atoms with E-state index in [4.69, 9.17) is 5.73 Å². The predicted molar refractivity (Wildman–Crippen MR) is 77.1 cm³/mol. The Bertz CT molecular complexity index is 543. The van der Waals surface area contributed by atoms with Crippen molar-refractivity contribution in [2.24, 2.45) is 0 Å². The van der Waals surface area contributed by atoms with Crippen LogP contribution in [-0.2, 0) is 6.42 Å². The van der Waals surface area contributed by atoms with Gasteiger partial charge in [0.05, 0.1) is 11.4 Å². The highest BCUT2D eigenvalue weighted by molar-refractivity contribution is 9.10. The molecule has 0 bridgehead atoms. The number of nitrogens with one attached hydrogen (secondary N) is 1. The third-order valence-corrected chi connectivity index (χ3v) is 3.18. The summed E-state index contributed by atoms with van der Waals surface area (Å²) in [6.45, 7) is 0.640. The minimum atomic E-state index is -0.165. The average molecular weight is 309 g/mol. The van der Waals surface area contributed by atoms with E-state index in [1.807, 2.05) is 24.3 Å². The second kappa shape index (κ2) is 5.87. The zero-order valence-electron chi connectivity index (χ0n) is 9.79. The van der Waals surface area contributed by atoms with Gasteiger partial charge in [-0.05, 0) is 36.2 Å². The van der Waals surface area contributed by atoms with Crippen LogP contribution in [0.1, 0.15) is 5.56 Å². The van der Waals surface area contributed by atoms with Crippen molar-refractivity contribution >= 4 is 27.3 Å². The molecule has 94 valence electrons. The highest BCUT2D eigenvalue weighted by atomic mass is 79.9. The lowest BCUT2D eigenvalue weighted by molar-refractivity contribution is 0.610. The van der Waals surface area contributed by atoms with E-state index in [0.717, 1.165) is 10.2 Å². The first-order valence-corrected chi connectivity index (χ1v) is 6.48. The quantitative estimate of drug-likeness (QED) is 0.843. The summed E-state index contributed by atoms with van der Waals surface area (Å²) in [4.78, 5) is 0. The zero-order valence-corrected chi connectivity index (χ0v) is 11.4. The Morgan fingerprint density at radius 3 is 2.72 bits per heavy atom. The Labute approximate surface area is 114 Å². The molecule has 0 aliphatic heterocycles. The van der Waals surface area contributed by atoms with Gasteiger partial charge in [-0.2, -0.15) is 0 Å². The van der Waals surface area contributed by atoms with Crippen molar-refractivity contribution in [3.05, 3.63) is 58.3 Å². The van der Waals surface area contributed by atoms with E-state index in [-0.39, 0.29) is 5.82 Å². The largest absolute Gasteiger partial charge is 0.397 e. The van der Waals surface area contributed by atoms with Gasteiger partial charge in [0.1, 0.15) is 5.82 Å². The molecule has 2 rings (SSSR count). The Kier molecular flexibility index (Phi) is 4.20. The normalized spacial score (nSPS) is 10.3. The van der Waals surface area contributed by atoms with E-state index in [1.54, 1.807) is 12.1 Å². The lowest BCUT2D eigenvalue weighted by atomic mass is 10.1. The number of halogens is 2. The number of nitrogens with two attached hydrogens (primary N) is 1. The van der Waals surface area contributed by atoms with Gasteiger partial charge in [0, 0.05) is 11.0 Å². The molecular formula is C14H14BrFN2. The number of anilines is 2. The first-order valence-electron chi connectivity index (χ1n) is 5.69. The number of benzene rings is 2. The highest BCUT2D eigenvalue weighted by Crippen LogP contribution is 2.23. The Morgan fingerprint density at radius 1 is 1.17 bits per heavy atom. The smallest absolute Gasteiger partial charge is 0.126 e. The van der Waals surface area contributed by atoms with Gasteiger partial charge >= 0.3 is 0 Å². The van der Waals surface area contributed by atoms with E-state index in [2.05, 4.69) is 21.2 Å². The average Bonchev–Trinajstić information content (AvgIpc) is 2.36. The summed E-state index contributed by atoms with van der Waals surface area (Å²) < 4.78 is 14.4. The number of nitrogen functional groups attached to an aromatic ring is 1. The van der Waals surface area contributed by atoms with Crippen molar-refractivity contribution in [1.82, 2.24) is 0 Å². The minimum absolute atomic E-state index is 0.165. The summed E-state index contributed by atoms with van der Waals surface area (Å²) in [5, 5.41) is 3.21. The maximum atomic E-state index is 13.4. The van der Waals surface area contributed by atoms with E-state index >= 15 is 0 Å². The molecule has 0 fully saturated rings. The van der Waals surface area contributed by atoms with Crippen LogP contribution in [0.15, 0.2) is 46.9 Å². The first kappa shape index (κ1) is 12.9. The van der Waals surface area contributed by atoms with Crippen LogP contribution < -0.4 is 11.1 Å². The van der Waals surface area contributed by atoms with Gasteiger partial charge in [-0.15, -0.1) is 0 Å². The van der Waals surface area contributed by atoms with Crippen molar-refractivity contribution in [3.63, 3.8) is 0 Å². The second-order valence-electron chi connectivity index (χ2n) is 4.00. The molecule has 2 aromatic carbocycles. The molecule has 0 spiro atoms. The number of hydrogen-bond acceptors (Lipinski definition) is 2. The van der Waals surface area contributed by atoms with E-state index in [9.17, 15) is 4.39 Å². The fraction of sp³-hybridized carbons (Fsp3) is 0.143. The molecular weight excluding hydrogens is 295 g/mol. The molecule has 3 N–H and O–H groups in total. The molecule has 0 saturated carbocycles. The van der Waals surface area contributed by atoms with Crippen LogP contribution in [0.3, 0.4) is 0 Å². The van der Waals surface area contributed by atoms with Crippen LogP contribution in [0.25, 0.3) is 0 Å². The van der Waals surface area contributed by atoms with Crippen molar-refractivity contribution in [3.8, 4) is 0 Å². The molecule has 2 nitrogen and oxygen atoms in total. The van der Waals surface area contributed by atoms with Crippen LogP contribution in [0.2, 0.25) is 0 Å². The van der Waals surface area contributed by atoms with Crippen molar-refractivity contribution < 1.29 is 4.39 Å². The number of hydrogen-bond donors (Lipinski definition) is 2. The predicted octanol–water partition coefficient (Wildman–Crippen LogP) is 3.83. The monoisotopic (exact) mass is 308 g/mol. The summed E-state index contributed by atoms with van der Waals surface area (Å²) in [5.74, 6) is -0.165. The van der Waals surface area contributed by atoms with Gasteiger partial charge < -0.3 is 11.1 Å². The third kappa shape index (κ3) is 3.23. The van der Waals surface area contributed by atoms with Gasteiger partial charge in [-0.1, -0.05) is 34.1 Å². The molecule has 18 heavy (non-hydrogen) atoms. The third-order valence-electron chi connectivity index (χ3n) is 2.68. The fourth-order valence-corrected chi connectivity index (χ4v) is 2.08. The van der Waals surface area contributed by atoms with Gasteiger partial charge in [0.2, 0.25) is 0 Å². The lowest BCUT2D eigenvalue weighted by Gasteiger charge is -2.10. The van der Waals surface area contributed by atoms with Gasteiger partial charge in [0.15, 0.2) is 0 Å². The molecule has 0 amide bonds. The van der Waals surface area contributed by atoms with Crippen LogP contribution in [0, 0.1) is 5.82 Å². The number of rotatable bonds is 4. The van der Waals surface area contributed by atoms with Crippen LogP contribution in [0.4, 0.5) is 15.8 Å². The first-order chi connectivity index (χ1) is 8.66. The molecule has 0 aliphatic carbocycles. The van der Waals surface area contributed by atoms with Crippen LogP contribution in [-0.4, -0.2) is 6.54 Å². The summed E-state index contributed by atoms with van der Waals surface area (Å²) in [6.07, 6.45) is 0.624. The van der Waals surface area contributed by atoms with Crippen LogP contribution in [0.5, 0.6) is 0 Å². The van der Waals surface area contributed by atoms with E-state index in [0.29, 0.717) is 24.2 Å². The highest BCUT2D eigenvalue weighted by Gasteiger charge is 2.02. The summed E-state index contributed by atoms with van der Waals surface area (Å²) >= 11 is 3.39. The van der Waals surface area contributed by atoms with Crippen LogP contribution >= 0.6 is 15.9 Å². The van der Waals surface area contributed by atoms with Crippen molar-refractivity contribution in [1.29, 1.82) is 0 Å². The maximum Gasteiger partial charge on any atom is 0.126 e. The van der Waals surface area contributed by atoms with Crippen molar-refractivity contribution in [2.75, 3.05) is 17.6 Å².